The van der Waals surface area contributed by atoms with E-state index in [9.17, 15) is 4.79 Å². The van der Waals surface area contributed by atoms with Crippen LogP contribution in [0, 0.1) is 11.5 Å². The molecule has 0 saturated carbocycles. The maximum absolute atomic E-state index is 9.70. The first-order valence-electron chi connectivity index (χ1n) is 4.94. The van der Waals surface area contributed by atoms with E-state index in [1.165, 1.54) is 20.4 Å². The molecule has 0 radical (unpaired) electrons. The van der Waals surface area contributed by atoms with Gasteiger partial charge < -0.3 is 20.3 Å². The van der Waals surface area contributed by atoms with Crippen LogP contribution in [0.15, 0.2) is 6.20 Å². The molecule has 0 spiro atoms. The summed E-state index contributed by atoms with van der Waals surface area (Å²) < 4.78 is 17.9. The molecule has 1 aromatic rings. The Hall–Kier alpha value is -1.23. The van der Waals surface area contributed by atoms with Crippen molar-refractivity contribution in [2.75, 3.05) is 14.2 Å². The van der Waals surface area contributed by atoms with Crippen LogP contribution in [-0.4, -0.2) is 30.5 Å². The van der Waals surface area contributed by atoms with Crippen LogP contribution in [0.1, 0.15) is 20.8 Å². The first-order valence-corrected chi connectivity index (χ1v) is 6.15. The molecule has 0 aliphatic rings. The minimum absolute atomic E-state index is 0.125. The Morgan fingerprint density at radius 1 is 1.28 bits per heavy atom. The average Bonchev–Trinajstić information content (AvgIpc) is 2.41. The molecular formula is C11H16N2O4Zn-2. The van der Waals surface area contributed by atoms with Gasteiger partial charge in [0.2, 0.25) is 0 Å². The van der Waals surface area contributed by atoms with Gasteiger partial charge in [-0.25, -0.2) is 4.98 Å². The van der Waals surface area contributed by atoms with Crippen LogP contribution in [0.2, 0.25) is 0 Å². The van der Waals surface area contributed by atoms with Crippen molar-refractivity contribution in [2.45, 2.75) is 20.8 Å². The van der Waals surface area contributed by atoms with E-state index in [4.69, 9.17) is 13.0 Å². The number of aromatic nitrogens is 2. The summed E-state index contributed by atoms with van der Waals surface area (Å²) in [6, 6.07) is 2.96. The Morgan fingerprint density at radius 2 is 1.78 bits per heavy atom. The van der Waals surface area contributed by atoms with E-state index >= 15 is 0 Å². The molecule has 0 saturated heterocycles. The van der Waals surface area contributed by atoms with Crippen LogP contribution in [0.5, 0.6) is 11.9 Å². The third-order valence-electron chi connectivity index (χ3n) is 1.24. The second kappa shape index (κ2) is 10.9. The van der Waals surface area contributed by atoms with Crippen molar-refractivity contribution in [1.82, 2.24) is 9.97 Å². The van der Waals surface area contributed by atoms with E-state index in [2.05, 4.69) is 16.0 Å². The Balaban J connectivity index is 0. The quantitative estimate of drug-likeness (QED) is 0.605. The molecule has 0 aromatic carbocycles. The van der Waals surface area contributed by atoms with Gasteiger partial charge in [0.15, 0.2) is 0 Å². The van der Waals surface area contributed by atoms with Gasteiger partial charge in [0.25, 0.3) is 0 Å². The molecule has 0 bridgehead atoms. The monoisotopic (exact) mass is 304 g/mol. The summed E-state index contributed by atoms with van der Waals surface area (Å²) in [6.07, 6.45) is 3.30. The van der Waals surface area contributed by atoms with Crippen molar-refractivity contribution in [3.8, 4) is 11.9 Å². The van der Waals surface area contributed by atoms with Gasteiger partial charge in [-0.1, -0.05) is 20.8 Å². The third kappa shape index (κ3) is 11.3. The van der Waals surface area contributed by atoms with Crippen LogP contribution in [0.25, 0.3) is 0 Å². The van der Waals surface area contributed by atoms with Gasteiger partial charge in [0.1, 0.15) is 0 Å². The summed E-state index contributed by atoms with van der Waals surface area (Å²) in [5.74, 6) is 0.381. The molecule has 0 atom stereocenters. The van der Waals surface area contributed by atoms with E-state index in [0.29, 0.717) is 5.88 Å². The number of hydrogen-bond donors (Lipinski definition) is 0. The Morgan fingerprint density at radius 3 is 2.11 bits per heavy atom. The van der Waals surface area contributed by atoms with E-state index in [-0.39, 0.29) is 29.7 Å². The van der Waals surface area contributed by atoms with Crippen LogP contribution < -0.4 is 9.47 Å². The van der Waals surface area contributed by atoms with Gasteiger partial charge in [0, 0.05) is 5.88 Å². The van der Waals surface area contributed by atoms with Crippen LogP contribution in [-0.2, 0) is 26.6 Å². The molecule has 98 valence electrons. The fourth-order valence-electron chi connectivity index (χ4n) is 0.494. The van der Waals surface area contributed by atoms with Crippen molar-refractivity contribution in [3.63, 3.8) is 0 Å². The normalized spacial score (nSPS) is 9.06. The summed E-state index contributed by atoms with van der Waals surface area (Å²) in [5.41, 5.74) is -0.264. The topological polar surface area (TPSA) is 78.4 Å². The SMILES string of the molecule is CC(C)(C)[C-]=O.COc1[c-]cnc(OC)n1.[O]=[Zn]. The zero-order valence-electron chi connectivity index (χ0n) is 11.3. The first-order chi connectivity index (χ1) is 8.42. The van der Waals surface area contributed by atoms with Gasteiger partial charge in [0.05, 0.1) is 14.2 Å². The Labute approximate surface area is 117 Å². The van der Waals surface area contributed by atoms with Crippen LogP contribution in [0.3, 0.4) is 0 Å². The molecule has 7 heteroatoms. The molecule has 0 aliphatic carbocycles. The maximum atomic E-state index is 9.70. The van der Waals surface area contributed by atoms with Crippen molar-refractivity contribution in [3.05, 3.63) is 12.3 Å². The fraction of sp³-hybridized carbons (Fsp3) is 0.545. The summed E-state index contributed by atoms with van der Waals surface area (Å²) in [4.78, 5) is 17.2. The van der Waals surface area contributed by atoms with E-state index in [1.807, 2.05) is 27.1 Å². The number of hydrogen-bond acceptors (Lipinski definition) is 6. The van der Waals surface area contributed by atoms with E-state index < -0.39 is 0 Å². The Kier molecular flexibility index (Phi) is 11.6. The van der Waals surface area contributed by atoms with Crippen molar-refractivity contribution >= 4 is 6.29 Å². The zero-order chi connectivity index (χ0) is 14.6. The molecule has 1 heterocycles. The van der Waals surface area contributed by atoms with Crippen LogP contribution in [0.4, 0.5) is 0 Å². The van der Waals surface area contributed by atoms with Crippen molar-refractivity contribution < 1.29 is 36.1 Å². The molecule has 0 amide bonds. The second-order valence-electron chi connectivity index (χ2n) is 3.86. The number of methoxy groups -OCH3 is 2. The van der Waals surface area contributed by atoms with Crippen molar-refractivity contribution in [2.24, 2.45) is 5.41 Å². The second-order valence-corrected chi connectivity index (χ2v) is 3.86. The molecule has 0 aliphatic heterocycles. The molecule has 18 heavy (non-hydrogen) atoms. The third-order valence-corrected chi connectivity index (χ3v) is 1.24. The molecular weight excluding hydrogens is 290 g/mol. The van der Waals surface area contributed by atoms with E-state index in [0.717, 1.165) is 0 Å². The summed E-state index contributed by atoms with van der Waals surface area (Å²) >= 11 is 0.125. The Bertz CT molecular complexity index is 323. The van der Waals surface area contributed by atoms with Crippen molar-refractivity contribution in [1.29, 1.82) is 0 Å². The average molecular weight is 306 g/mol. The predicted octanol–water partition coefficient (Wildman–Crippen LogP) is 1.31. The molecule has 0 unspecified atom stereocenters. The number of nitrogens with zero attached hydrogens (tertiary/aromatic N) is 2. The zero-order valence-corrected chi connectivity index (χ0v) is 14.3. The first kappa shape index (κ1) is 19.1. The molecule has 0 N–H and O–H groups in total. The van der Waals surface area contributed by atoms with Gasteiger partial charge in [-0.15, -0.1) is 11.6 Å². The number of rotatable bonds is 2. The van der Waals surface area contributed by atoms with Crippen LogP contribution >= 0.6 is 0 Å². The summed E-state index contributed by atoms with van der Waals surface area (Å²) in [5, 5.41) is 0. The molecule has 1 rings (SSSR count). The predicted molar refractivity (Wildman–Crippen MR) is 59.8 cm³/mol. The van der Waals surface area contributed by atoms with Gasteiger partial charge in [-0.2, -0.15) is 4.98 Å². The minimum atomic E-state index is -0.264. The molecule has 1 aromatic heterocycles. The molecule has 0 fully saturated rings. The summed E-state index contributed by atoms with van der Waals surface area (Å²) in [7, 11) is 3.01. The number of carbonyl (C=O) groups excluding carboxylic acids is 1. The summed E-state index contributed by atoms with van der Waals surface area (Å²) in [6.45, 7) is 5.46. The van der Waals surface area contributed by atoms with E-state index in [1.54, 1.807) is 0 Å². The number of ether oxygens (including phenoxy) is 2. The van der Waals surface area contributed by atoms with Gasteiger partial charge in [-0.05, 0) is 0 Å². The van der Waals surface area contributed by atoms with Gasteiger partial charge in [-0.3, -0.25) is 6.29 Å². The standard InChI is InChI=1S/C6H7N2O2.C5H9O.O.Zn/c1-9-5-3-4-7-6(8-5)10-2;1-5(2,3)4-6;;/h4H,1-2H3;1-3H3;;/q2*-1;;. The fourth-order valence-corrected chi connectivity index (χ4v) is 0.494. The molecule has 6 nitrogen and oxygen atoms in total. The van der Waals surface area contributed by atoms with Gasteiger partial charge >= 0.3 is 27.8 Å².